The van der Waals surface area contributed by atoms with Crippen LogP contribution in [0.25, 0.3) is 0 Å². The number of methoxy groups -OCH3 is 1. The fraction of sp³-hybridized carbons (Fsp3) is 0.556. The van der Waals surface area contributed by atoms with Crippen molar-refractivity contribution in [1.29, 1.82) is 0 Å². The molecule has 0 atom stereocenters. The molecule has 0 radical (unpaired) electrons. The van der Waals surface area contributed by atoms with Crippen molar-refractivity contribution in [2.75, 3.05) is 12.0 Å². The quantitative estimate of drug-likeness (QED) is 0.388. The topological polar surface area (TPSA) is 60.9 Å². The van der Waals surface area contributed by atoms with Gasteiger partial charge in [0.1, 0.15) is 11.4 Å². The molecular weight excluding hydrogens is 444 g/mol. The summed E-state index contributed by atoms with van der Waals surface area (Å²) in [5.41, 5.74) is 3.77. The number of pyridine rings is 1. The lowest BCUT2D eigenvalue weighted by atomic mass is 10.1. The molecule has 0 unspecified atom stereocenters. The molecule has 0 aliphatic carbocycles. The molecule has 0 aliphatic rings. The Hall–Kier alpha value is -2.38. The van der Waals surface area contributed by atoms with Crippen molar-refractivity contribution in [3.63, 3.8) is 0 Å². The van der Waals surface area contributed by atoms with Crippen LogP contribution >= 0.6 is 0 Å². The molecule has 0 bridgehead atoms. The van der Waals surface area contributed by atoms with E-state index < -0.39 is 20.0 Å². The van der Waals surface area contributed by atoms with Crippen LogP contribution in [0, 0.1) is 13.8 Å². The Morgan fingerprint density at radius 3 is 2.29 bits per heavy atom. The van der Waals surface area contributed by atoms with Gasteiger partial charge in [-0.25, -0.2) is 4.79 Å². The smallest absolute Gasteiger partial charge is 0.415 e. The van der Waals surface area contributed by atoms with E-state index in [0.29, 0.717) is 6.61 Å². The maximum atomic E-state index is 13.3. The molecule has 2 rings (SSSR count). The Balaban J connectivity index is 2.41. The Morgan fingerprint density at radius 1 is 1.09 bits per heavy atom. The first-order valence-corrected chi connectivity index (χ1v) is 14.7. The van der Waals surface area contributed by atoms with Crippen LogP contribution in [0.4, 0.5) is 10.5 Å². The van der Waals surface area contributed by atoms with Gasteiger partial charge in [0.15, 0.2) is 8.32 Å². The predicted molar refractivity (Wildman–Crippen MR) is 141 cm³/mol. The van der Waals surface area contributed by atoms with Crippen molar-refractivity contribution in [1.82, 2.24) is 4.98 Å². The lowest BCUT2D eigenvalue weighted by Crippen LogP contribution is -2.40. The summed E-state index contributed by atoms with van der Waals surface area (Å²) >= 11 is 0. The Morgan fingerprint density at radius 2 is 1.74 bits per heavy atom. The van der Waals surface area contributed by atoms with Gasteiger partial charge in [0.2, 0.25) is 0 Å². The Labute approximate surface area is 206 Å². The minimum absolute atomic E-state index is 0.126. The van der Waals surface area contributed by atoms with Gasteiger partial charge in [0.25, 0.3) is 0 Å². The van der Waals surface area contributed by atoms with Crippen LogP contribution in [-0.2, 0) is 22.3 Å². The summed E-state index contributed by atoms with van der Waals surface area (Å²) in [6.07, 6.45) is 1.36. The van der Waals surface area contributed by atoms with Crippen LogP contribution in [0.5, 0.6) is 5.75 Å². The normalized spacial score (nSPS) is 12.4. The fourth-order valence-electron chi connectivity index (χ4n) is 3.25. The number of ether oxygens (including phenoxy) is 2. The van der Waals surface area contributed by atoms with Crippen LogP contribution < -0.4 is 9.64 Å². The molecule has 1 aromatic heterocycles. The summed E-state index contributed by atoms with van der Waals surface area (Å²) in [6.45, 7) is 21.4. The SMILES string of the molecule is COc1c(C)cnc(CN(C(=O)OC(C)(C)C)c2cccc(CO[Si](C)(C)C(C)(C)C)c2)c1C. The van der Waals surface area contributed by atoms with E-state index in [1.54, 1.807) is 18.2 Å². The number of benzene rings is 1. The first-order chi connectivity index (χ1) is 15.6. The first kappa shape index (κ1) is 27.9. The molecule has 0 aliphatic heterocycles. The van der Waals surface area contributed by atoms with Gasteiger partial charge in [-0.1, -0.05) is 32.9 Å². The van der Waals surface area contributed by atoms with Crippen LogP contribution in [0.1, 0.15) is 63.9 Å². The van der Waals surface area contributed by atoms with Gasteiger partial charge in [-0.05, 0) is 70.4 Å². The third-order valence-electron chi connectivity index (χ3n) is 6.30. The maximum Gasteiger partial charge on any atom is 0.415 e. The number of carbonyl (C=O) groups is 1. The Bertz CT molecular complexity index is 1010. The molecule has 188 valence electrons. The second-order valence-electron chi connectivity index (χ2n) is 11.3. The van der Waals surface area contributed by atoms with Gasteiger partial charge in [-0.3, -0.25) is 9.88 Å². The zero-order valence-corrected chi connectivity index (χ0v) is 23.8. The van der Waals surface area contributed by atoms with E-state index in [1.165, 1.54) is 0 Å². The number of amides is 1. The second kappa shape index (κ2) is 10.5. The molecule has 6 nitrogen and oxygen atoms in total. The van der Waals surface area contributed by atoms with Crippen LogP contribution in [0.15, 0.2) is 30.5 Å². The number of hydrogen-bond acceptors (Lipinski definition) is 5. The maximum absolute atomic E-state index is 13.3. The molecule has 7 heteroatoms. The third kappa shape index (κ3) is 7.06. The van der Waals surface area contributed by atoms with Crippen molar-refractivity contribution < 1.29 is 18.7 Å². The van der Waals surface area contributed by atoms with E-state index in [1.807, 2.05) is 58.9 Å². The number of aryl methyl sites for hydroxylation is 1. The highest BCUT2D eigenvalue weighted by Crippen LogP contribution is 2.37. The lowest BCUT2D eigenvalue weighted by Gasteiger charge is -2.36. The minimum atomic E-state index is -1.90. The highest BCUT2D eigenvalue weighted by atomic mass is 28.4. The number of aromatic nitrogens is 1. The highest BCUT2D eigenvalue weighted by molar-refractivity contribution is 6.74. The zero-order chi connectivity index (χ0) is 25.9. The molecule has 0 saturated heterocycles. The Kier molecular flexibility index (Phi) is 8.59. The van der Waals surface area contributed by atoms with Gasteiger partial charge in [0, 0.05) is 23.0 Å². The van der Waals surface area contributed by atoms with Gasteiger partial charge in [-0.15, -0.1) is 0 Å². The van der Waals surface area contributed by atoms with E-state index in [9.17, 15) is 4.79 Å². The van der Waals surface area contributed by atoms with Crippen molar-refractivity contribution >= 4 is 20.1 Å². The molecule has 2 aromatic rings. The van der Waals surface area contributed by atoms with Crippen LogP contribution in [-0.4, -0.2) is 32.1 Å². The highest BCUT2D eigenvalue weighted by Gasteiger charge is 2.37. The van der Waals surface area contributed by atoms with Gasteiger partial charge in [-0.2, -0.15) is 0 Å². The van der Waals surface area contributed by atoms with E-state index in [0.717, 1.165) is 33.8 Å². The van der Waals surface area contributed by atoms with Crippen molar-refractivity contribution in [3.05, 3.63) is 52.8 Å². The number of nitrogens with zero attached hydrogens (tertiary/aromatic N) is 2. The number of rotatable bonds is 7. The average molecular weight is 487 g/mol. The van der Waals surface area contributed by atoms with E-state index in [-0.39, 0.29) is 11.6 Å². The average Bonchev–Trinajstić information content (AvgIpc) is 2.70. The molecule has 0 N–H and O–H groups in total. The molecule has 1 aromatic carbocycles. The largest absolute Gasteiger partial charge is 0.496 e. The van der Waals surface area contributed by atoms with Crippen LogP contribution in [0.3, 0.4) is 0 Å². The molecular formula is C27H42N2O4Si. The van der Waals surface area contributed by atoms with Crippen molar-refractivity contribution in [3.8, 4) is 5.75 Å². The number of carbonyl (C=O) groups excluding carboxylic acids is 1. The summed E-state index contributed by atoms with van der Waals surface area (Å²) in [5.74, 6) is 0.783. The summed E-state index contributed by atoms with van der Waals surface area (Å²) < 4.78 is 17.7. The standard InChI is InChI=1S/C27H42N2O4Si/c1-19-16-28-23(20(2)24(19)31-9)17-29(25(30)33-26(3,4)5)22-14-12-13-21(15-22)18-32-34(10,11)27(6,7)8/h12-16H,17-18H2,1-11H3. The molecule has 0 saturated carbocycles. The summed E-state index contributed by atoms with van der Waals surface area (Å²) in [6, 6.07) is 7.90. The van der Waals surface area contributed by atoms with Gasteiger partial charge < -0.3 is 13.9 Å². The van der Waals surface area contributed by atoms with E-state index >= 15 is 0 Å². The monoisotopic (exact) mass is 486 g/mol. The lowest BCUT2D eigenvalue weighted by molar-refractivity contribution is 0.0577. The van der Waals surface area contributed by atoms with E-state index in [2.05, 4.69) is 38.8 Å². The van der Waals surface area contributed by atoms with Crippen LogP contribution in [0.2, 0.25) is 18.1 Å². The molecule has 34 heavy (non-hydrogen) atoms. The third-order valence-corrected chi connectivity index (χ3v) is 10.8. The second-order valence-corrected chi connectivity index (χ2v) is 16.1. The van der Waals surface area contributed by atoms with Gasteiger partial charge >= 0.3 is 6.09 Å². The summed E-state index contributed by atoms with van der Waals surface area (Å²) in [4.78, 5) is 19.5. The fourth-order valence-corrected chi connectivity index (χ4v) is 4.21. The van der Waals surface area contributed by atoms with Gasteiger partial charge in [0.05, 0.1) is 26.0 Å². The molecule has 0 fully saturated rings. The summed E-state index contributed by atoms with van der Waals surface area (Å²) in [7, 11) is -0.250. The zero-order valence-electron chi connectivity index (χ0n) is 22.8. The van der Waals surface area contributed by atoms with Crippen molar-refractivity contribution in [2.24, 2.45) is 0 Å². The first-order valence-electron chi connectivity index (χ1n) is 11.8. The molecule has 0 spiro atoms. The van der Waals surface area contributed by atoms with E-state index in [4.69, 9.17) is 13.9 Å². The molecule has 1 amide bonds. The number of hydrogen-bond donors (Lipinski definition) is 0. The van der Waals surface area contributed by atoms with Crippen molar-refractivity contribution in [2.45, 2.75) is 92.3 Å². The number of anilines is 1. The summed E-state index contributed by atoms with van der Waals surface area (Å²) in [5, 5.41) is 0.126. The molecule has 1 heterocycles. The predicted octanol–water partition coefficient (Wildman–Crippen LogP) is 7.17. The minimum Gasteiger partial charge on any atom is -0.496 e.